The molecule has 0 bridgehead atoms. The smallest absolute Gasteiger partial charge is 0.228 e. The first-order chi connectivity index (χ1) is 12.7. The van der Waals surface area contributed by atoms with Gasteiger partial charge in [0.05, 0.1) is 17.4 Å². The number of para-hydroxylation sites is 1. The summed E-state index contributed by atoms with van der Waals surface area (Å²) in [5.74, 6) is 1.77. The average molecular weight is 370 g/mol. The fraction of sp³-hybridized carbons (Fsp3) is 0.400. The van der Waals surface area contributed by atoms with Crippen molar-refractivity contribution in [2.75, 3.05) is 30.3 Å². The predicted octanol–water partition coefficient (Wildman–Crippen LogP) is 3.34. The fourth-order valence-electron chi connectivity index (χ4n) is 3.68. The zero-order chi connectivity index (χ0) is 17.9. The number of benzene rings is 1. The molecule has 2 unspecified atom stereocenters. The van der Waals surface area contributed by atoms with E-state index < -0.39 is 0 Å². The summed E-state index contributed by atoms with van der Waals surface area (Å²) in [5.41, 5.74) is 0.872. The monoisotopic (exact) mass is 370 g/mol. The number of hydrogen-bond acceptors (Lipinski definition) is 4. The Morgan fingerprint density at radius 3 is 2.73 bits per heavy atom. The van der Waals surface area contributed by atoms with Crippen LogP contribution in [0.5, 0.6) is 0 Å². The van der Waals surface area contributed by atoms with Gasteiger partial charge in [-0.25, -0.2) is 0 Å². The van der Waals surface area contributed by atoms with E-state index in [0.29, 0.717) is 24.8 Å². The van der Waals surface area contributed by atoms with Crippen LogP contribution in [0.1, 0.15) is 23.9 Å². The minimum Gasteiger partial charge on any atom is -0.468 e. The van der Waals surface area contributed by atoms with Crippen molar-refractivity contribution in [3.05, 3.63) is 54.5 Å². The first-order valence-electron chi connectivity index (χ1n) is 9.01. The summed E-state index contributed by atoms with van der Waals surface area (Å²) < 4.78 is 5.53. The Kier molecular flexibility index (Phi) is 5.02. The summed E-state index contributed by atoms with van der Waals surface area (Å²) in [5, 5.41) is 0.300. The second-order valence-electron chi connectivity index (χ2n) is 6.73. The zero-order valence-corrected chi connectivity index (χ0v) is 15.4. The number of carbonyl (C=O) groups is 2. The largest absolute Gasteiger partial charge is 0.468 e. The molecule has 6 heteroatoms. The van der Waals surface area contributed by atoms with Crippen LogP contribution in [0.2, 0.25) is 0 Å². The molecule has 4 rings (SSSR count). The van der Waals surface area contributed by atoms with Crippen molar-refractivity contribution in [1.82, 2.24) is 4.90 Å². The molecule has 0 N–H and O–H groups in total. The summed E-state index contributed by atoms with van der Waals surface area (Å²) >= 11 is 1.84. The van der Waals surface area contributed by atoms with E-state index in [1.807, 2.05) is 59.1 Å². The lowest BCUT2D eigenvalue weighted by atomic mass is 10.1. The molecule has 0 spiro atoms. The highest BCUT2D eigenvalue weighted by Crippen LogP contribution is 2.35. The maximum atomic E-state index is 13.0. The lowest BCUT2D eigenvalue weighted by molar-refractivity contribution is -0.135. The summed E-state index contributed by atoms with van der Waals surface area (Å²) in [6.45, 7) is 1.93. The Morgan fingerprint density at radius 1 is 1.12 bits per heavy atom. The van der Waals surface area contributed by atoms with Gasteiger partial charge in [0.15, 0.2) is 0 Å². The van der Waals surface area contributed by atoms with Crippen LogP contribution >= 0.6 is 11.8 Å². The van der Waals surface area contributed by atoms with Gasteiger partial charge in [-0.15, -0.1) is 11.8 Å². The number of amides is 2. The molecular weight excluding hydrogens is 348 g/mol. The summed E-state index contributed by atoms with van der Waals surface area (Å²) in [6.07, 6.45) is 2.89. The molecule has 2 atom stereocenters. The molecule has 0 saturated carbocycles. The van der Waals surface area contributed by atoms with Gasteiger partial charge < -0.3 is 14.2 Å². The SMILES string of the molecule is O=C(C1CC(=O)N(c2ccccc2)C1)N1CCSC(c2ccco2)CC1. The lowest BCUT2D eigenvalue weighted by Gasteiger charge is -2.24. The maximum Gasteiger partial charge on any atom is 0.228 e. The van der Waals surface area contributed by atoms with E-state index in [-0.39, 0.29) is 17.7 Å². The van der Waals surface area contributed by atoms with Gasteiger partial charge in [0, 0.05) is 37.5 Å². The molecule has 5 nitrogen and oxygen atoms in total. The minimum atomic E-state index is -0.243. The maximum absolute atomic E-state index is 13.0. The number of anilines is 1. The molecule has 0 aliphatic carbocycles. The van der Waals surface area contributed by atoms with E-state index in [1.54, 1.807) is 11.2 Å². The lowest BCUT2D eigenvalue weighted by Crippen LogP contribution is -2.38. The van der Waals surface area contributed by atoms with Crippen molar-refractivity contribution >= 4 is 29.3 Å². The molecular formula is C20H22N2O3S. The van der Waals surface area contributed by atoms with Gasteiger partial charge in [0.1, 0.15) is 5.76 Å². The standard InChI is InChI=1S/C20H22N2O3S/c23-19-13-15(14-22(19)16-5-2-1-3-6-16)20(24)21-9-8-18(26-12-10-21)17-7-4-11-25-17/h1-7,11,15,18H,8-10,12-14H2. The van der Waals surface area contributed by atoms with Crippen molar-refractivity contribution in [2.24, 2.45) is 5.92 Å². The van der Waals surface area contributed by atoms with Crippen LogP contribution in [0.4, 0.5) is 5.69 Å². The highest BCUT2D eigenvalue weighted by atomic mass is 32.2. The molecule has 2 amide bonds. The van der Waals surface area contributed by atoms with E-state index in [0.717, 1.165) is 30.2 Å². The summed E-state index contributed by atoms with van der Waals surface area (Å²) in [4.78, 5) is 29.0. The third kappa shape index (κ3) is 3.51. The normalized spacial score (nSPS) is 23.9. The Labute approximate surface area is 157 Å². The zero-order valence-electron chi connectivity index (χ0n) is 14.5. The van der Waals surface area contributed by atoms with Gasteiger partial charge in [0.25, 0.3) is 0 Å². The van der Waals surface area contributed by atoms with Gasteiger partial charge in [-0.2, -0.15) is 0 Å². The highest BCUT2D eigenvalue weighted by molar-refractivity contribution is 7.99. The third-order valence-corrected chi connectivity index (χ3v) is 6.34. The van der Waals surface area contributed by atoms with E-state index in [4.69, 9.17) is 4.42 Å². The number of nitrogens with zero attached hydrogens (tertiary/aromatic N) is 2. The Hall–Kier alpha value is -2.21. The molecule has 1 aromatic carbocycles. The molecule has 3 heterocycles. The predicted molar refractivity (Wildman–Crippen MR) is 102 cm³/mol. The van der Waals surface area contributed by atoms with Gasteiger partial charge in [-0.05, 0) is 30.7 Å². The van der Waals surface area contributed by atoms with E-state index in [9.17, 15) is 9.59 Å². The van der Waals surface area contributed by atoms with Crippen molar-refractivity contribution in [1.29, 1.82) is 0 Å². The van der Waals surface area contributed by atoms with Gasteiger partial charge in [0.2, 0.25) is 11.8 Å². The van der Waals surface area contributed by atoms with Crippen LogP contribution in [-0.4, -0.2) is 42.1 Å². The van der Waals surface area contributed by atoms with Crippen molar-refractivity contribution in [3.8, 4) is 0 Å². The van der Waals surface area contributed by atoms with Crippen molar-refractivity contribution in [3.63, 3.8) is 0 Å². The van der Waals surface area contributed by atoms with Crippen molar-refractivity contribution < 1.29 is 14.0 Å². The van der Waals surface area contributed by atoms with Crippen LogP contribution in [-0.2, 0) is 9.59 Å². The molecule has 0 radical (unpaired) electrons. The topological polar surface area (TPSA) is 53.8 Å². The van der Waals surface area contributed by atoms with Crippen LogP contribution in [0.15, 0.2) is 53.1 Å². The average Bonchev–Trinajstić information content (AvgIpc) is 3.26. The molecule has 2 aromatic rings. The Morgan fingerprint density at radius 2 is 1.96 bits per heavy atom. The second kappa shape index (κ2) is 7.58. The third-order valence-electron chi connectivity index (χ3n) is 5.06. The number of rotatable bonds is 3. The van der Waals surface area contributed by atoms with Crippen LogP contribution in [0.25, 0.3) is 0 Å². The van der Waals surface area contributed by atoms with Crippen LogP contribution < -0.4 is 4.90 Å². The second-order valence-corrected chi connectivity index (χ2v) is 8.04. The van der Waals surface area contributed by atoms with Crippen LogP contribution in [0.3, 0.4) is 0 Å². The summed E-state index contributed by atoms with van der Waals surface area (Å²) in [6, 6.07) is 13.5. The first-order valence-corrected chi connectivity index (χ1v) is 10.1. The molecule has 2 aliphatic heterocycles. The van der Waals surface area contributed by atoms with E-state index in [1.165, 1.54) is 0 Å². The van der Waals surface area contributed by atoms with Gasteiger partial charge in [-0.1, -0.05) is 18.2 Å². The number of carbonyl (C=O) groups excluding carboxylic acids is 2. The molecule has 2 saturated heterocycles. The highest BCUT2D eigenvalue weighted by Gasteiger charge is 2.37. The minimum absolute atomic E-state index is 0.0345. The Bertz CT molecular complexity index is 763. The Balaban J connectivity index is 1.39. The molecule has 136 valence electrons. The fourth-order valence-corrected chi connectivity index (χ4v) is 4.86. The van der Waals surface area contributed by atoms with E-state index >= 15 is 0 Å². The molecule has 2 fully saturated rings. The van der Waals surface area contributed by atoms with Crippen LogP contribution in [0, 0.1) is 5.92 Å². The number of hydrogen-bond donors (Lipinski definition) is 0. The number of furan rings is 1. The first kappa shape index (κ1) is 17.2. The molecule has 26 heavy (non-hydrogen) atoms. The van der Waals surface area contributed by atoms with Gasteiger partial charge >= 0.3 is 0 Å². The quantitative estimate of drug-likeness (QED) is 0.832. The van der Waals surface area contributed by atoms with E-state index in [2.05, 4.69) is 0 Å². The molecule has 2 aliphatic rings. The van der Waals surface area contributed by atoms with Gasteiger partial charge in [-0.3, -0.25) is 9.59 Å². The molecule has 1 aromatic heterocycles. The number of thioether (sulfide) groups is 1. The summed E-state index contributed by atoms with van der Waals surface area (Å²) in [7, 11) is 0. The van der Waals surface area contributed by atoms with Crippen molar-refractivity contribution in [2.45, 2.75) is 18.1 Å².